The van der Waals surface area contributed by atoms with E-state index in [2.05, 4.69) is 0 Å². The van der Waals surface area contributed by atoms with Gasteiger partial charge >= 0.3 is 5.97 Å². The minimum atomic E-state index is -0.615. The van der Waals surface area contributed by atoms with Gasteiger partial charge < -0.3 is 20.1 Å². The third kappa shape index (κ3) is 4.47. The highest BCUT2D eigenvalue weighted by molar-refractivity contribution is 5.92. The normalized spacial score (nSPS) is 17.2. The molecule has 130 valence electrons. The zero-order valence-electron chi connectivity index (χ0n) is 13.7. The molecule has 0 saturated carbocycles. The van der Waals surface area contributed by atoms with Gasteiger partial charge in [0.2, 0.25) is 5.91 Å². The number of likely N-dealkylation sites (tertiary alicyclic amines) is 1. The Morgan fingerprint density at radius 2 is 1.92 bits per heavy atom. The van der Waals surface area contributed by atoms with Crippen LogP contribution in [0.15, 0.2) is 24.3 Å². The van der Waals surface area contributed by atoms with Crippen molar-refractivity contribution in [1.29, 1.82) is 0 Å². The van der Waals surface area contributed by atoms with Crippen LogP contribution < -0.4 is 10.5 Å². The zero-order valence-corrected chi connectivity index (χ0v) is 13.7. The van der Waals surface area contributed by atoms with Crippen molar-refractivity contribution in [2.24, 2.45) is 5.73 Å². The zero-order chi connectivity index (χ0) is 17.5. The molecular formula is C17H22N2O5. The Kier molecular flexibility index (Phi) is 6.17. The number of ether oxygens (including phenoxy) is 2. The Morgan fingerprint density at radius 1 is 1.21 bits per heavy atom. The number of hydrogen-bond acceptors (Lipinski definition) is 5. The highest BCUT2D eigenvalue weighted by Crippen LogP contribution is 2.17. The van der Waals surface area contributed by atoms with Crippen molar-refractivity contribution in [3.63, 3.8) is 0 Å². The second-order valence-electron chi connectivity index (χ2n) is 5.53. The lowest BCUT2D eigenvalue weighted by Gasteiger charge is -2.33. The second kappa shape index (κ2) is 8.33. The van der Waals surface area contributed by atoms with Crippen LogP contribution >= 0.6 is 0 Å². The maximum Gasteiger partial charge on any atom is 0.338 e. The fourth-order valence-electron chi connectivity index (χ4n) is 2.67. The predicted molar refractivity (Wildman–Crippen MR) is 86.4 cm³/mol. The summed E-state index contributed by atoms with van der Waals surface area (Å²) in [6.45, 7) is 2.45. The monoisotopic (exact) mass is 334 g/mol. The number of nitrogens with two attached hydrogens (primary N) is 1. The molecule has 2 N–H and O–H groups in total. The van der Waals surface area contributed by atoms with E-state index in [4.69, 9.17) is 15.2 Å². The molecule has 0 spiro atoms. The average Bonchev–Trinajstić information content (AvgIpc) is 2.60. The molecule has 2 amide bonds. The summed E-state index contributed by atoms with van der Waals surface area (Å²) in [6, 6.07) is 5.86. The standard InChI is InChI=1S/C17H22N2O5/c1-2-23-13-8-6-12(7-9-13)17(22)24-11-15(20)19-10-4-3-5-14(19)16(18)21/h6-9,14H,2-5,10-11H2,1H3,(H2,18,21)/t14-/m0/s1. The maximum atomic E-state index is 12.2. The van der Waals surface area contributed by atoms with Crippen LogP contribution in [0.4, 0.5) is 0 Å². The Bertz CT molecular complexity index is 600. The van der Waals surface area contributed by atoms with E-state index < -0.39 is 30.4 Å². The van der Waals surface area contributed by atoms with Gasteiger partial charge in [-0.05, 0) is 50.5 Å². The molecule has 1 heterocycles. The lowest BCUT2D eigenvalue weighted by atomic mass is 10.0. The summed E-state index contributed by atoms with van der Waals surface area (Å²) in [6.07, 6.45) is 2.21. The molecule has 1 atom stereocenters. The molecule has 0 bridgehead atoms. The highest BCUT2D eigenvalue weighted by Gasteiger charge is 2.31. The molecule has 1 aromatic rings. The number of amides is 2. The Hall–Kier alpha value is -2.57. The third-order valence-corrected chi connectivity index (χ3v) is 3.88. The number of carbonyl (C=O) groups excluding carboxylic acids is 3. The number of benzene rings is 1. The summed E-state index contributed by atoms with van der Waals surface area (Å²) in [5, 5.41) is 0. The molecule has 7 heteroatoms. The molecule has 2 rings (SSSR count). The SMILES string of the molecule is CCOc1ccc(C(=O)OCC(=O)N2CCCC[C@H]2C(N)=O)cc1. The second-order valence-corrected chi connectivity index (χ2v) is 5.53. The van der Waals surface area contributed by atoms with Gasteiger partial charge in [0.15, 0.2) is 6.61 Å². The van der Waals surface area contributed by atoms with Gasteiger partial charge in [0, 0.05) is 6.54 Å². The molecular weight excluding hydrogens is 312 g/mol. The first-order valence-corrected chi connectivity index (χ1v) is 8.01. The summed E-state index contributed by atoms with van der Waals surface area (Å²) < 4.78 is 10.3. The van der Waals surface area contributed by atoms with Gasteiger partial charge in [-0.3, -0.25) is 9.59 Å². The van der Waals surface area contributed by atoms with E-state index in [-0.39, 0.29) is 0 Å². The first-order chi connectivity index (χ1) is 11.5. The number of esters is 1. The fraction of sp³-hybridized carbons (Fsp3) is 0.471. The van der Waals surface area contributed by atoms with Crippen molar-refractivity contribution in [2.45, 2.75) is 32.2 Å². The average molecular weight is 334 g/mol. The Labute approximate surface area is 140 Å². The van der Waals surface area contributed by atoms with Crippen LogP contribution in [0.25, 0.3) is 0 Å². The molecule has 7 nitrogen and oxygen atoms in total. The summed E-state index contributed by atoms with van der Waals surface area (Å²) in [5.74, 6) is -0.875. The van der Waals surface area contributed by atoms with Crippen molar-refractivity contribution in [3.05, 3.63) is 29.8 Å². The first kappa shape index (κ1) is 17.8. The van der Waals surface area contributed by atoms with Crippen molar-refractivity contribution in [2.75, 3.05) is 19.8 Å². The van der Waals surface area contributed by atoms with Crippen LogP contribution in [0, 0.1) is 0 Å². The molecule has 0 unspecified atom stereocenters. The Morgan fingerprint density at radius 3 is 2.54 bits per heavy atom. The number of rotatable bonds is 6. The van der Waals surface area contributed by atoms with E-state index in [1.807, 2.05) is 6.92 Å². The summed E-state index contributed by atoms with van der Waals surface area (Å²) in [4.78, 5) is 37.0. The van der Waals surface area contributed by atoms with E-state index in [0.717, 1.165) is 12.8 Å². The summed E-state index contributed by atoms with van der Waals surface area (Å²) >= 11 is 0. The smallest absolute Gasteiger partial charge is 0.338 e. The van der Waals surface area contributed by atoms with Gasteiger partial charge in [-0.1, -0.05) is 0 Å². The molecule has 1 aromatic carbocycles. The molecule has 0 aliphatic carbocycles. The lowest BCUT2D eigenvalue weighted by molar-refractivity contribution is -0.143. The van der Waals surface area contributed by atoms with Crippen LogP contribution in [-0.2, 0) is 14.3 Å². The topological polar surface area (TPSA) is 98.9 Å². The minimum absolute atomic E-state index is 0.330. The molecule has 1 aliphatic heterocycles. The van der Waals surface area contributed by atoms with E-state index in [1.54, 1.807) is 24.3 Å². The lowest BCUT2D eigenvalue weighted by Crippen LogP contribution is -2.51. The summed E-state index contributed by atoms with van der Waals surface area (Å²) in [7, 11) is 0. The van der Waals surface area contributed by atoms with Crippen molar-refractivity contribution in [3.8, 4) is 5.75 Å². The van der Waals surface area contributed by atoms with Crippen LogP contribution in [0.5, 0.6) is 5.75 Å². The first-order valence-electron chi connectivity index (χ1n) is 8.01. The quantitative estimate of drug-likeness (QED) is 0.786. The number of primary amides is 1. The number of piperidine rings is 1. The third-order valence-electron chi connectivity index (χ3n) is 3.88. The van der Waals surface area contributed by atoms with Crippen LogP contribution in [0.2, 0.25) is 0 Å². The van der Waals surface area contributed by atoms with Crippen LogP contribution in [0.1, 0.15) is 36.5 Å². The maximum absolute atomic E-state index is 12.2. The molecule has 0 radical (unpaired) electrons. The van der Waals surface area contributed by atoms with E-state index >= 15 is 0 Å². The number of carbonyl (C=O) groups is 3. The highest BCUT2D eigenvalue weighted by atomic mass is 16.5. The Balaban J connectivity index is 1.90. The largest absolute Gasteiger partial charge is 0.494 e. The van der Waals surface area contributed by atoms with E-state index in [1.165, 1.54) is 4.90 Å². The minimum Gasteiger partial charge on any atom is -0.494 e. The van der Waals surface area contributed by atoms with E-state index in [0.29, 0.717) is 30.9 Å². The van der Waals surface area contributed by atoms with Crippen LogP contribution in [-0.4, -0.2) is 48.5 Å². The molecule has 1 saturated heterocycles. The van der Waals surface area contributed by atoms with Gasteiger partial charge in [-0.25, -0.2) is 4.79 Å². The van der Waals surface area contributed by atoms with Crippen molar-refractivity contribution in [1.82, 2.24) is 4.90 Å². The van der Waals surface area contributed by atoms with Gasteiger partial charge in [0.05, 0.1) is 12.2 Å². The summed E-state index contributed by atoms with van der Waals surface area (Å²) in [5.41, 5.74) is 5.66. The fourth-order valence-corrected chi connectivity index (χ4v) is 2.67. The molecule has 1 aliphatic rings. The molecule has 1 fully saturated rings. The number of hydrogen-bond donors (Lipinski definition) is 1. The van der Waals surface area contributed by atoms with Gasteiger partial charge in [0.1, 0.15) is 11.8 Å². The van der Waals surface area contributed by atoms with Crippen molar-refractivity contribution < 1.29 is 23.9 Å². The van der Waals surface area contributed by atoms with E-state index in [9.17, 15) is 14.4 Å². The molecule has 0 aromatic heterocycles. The predicted octanol–water partition coefficient (Wildman–Crippen LogP) is 1.11. The van der Waals surface area contributed by atoms with Gasteiger partial charge in [-0.15, -0.1) is 0 Å². The van der Waals surface area contributed by atoms with Gasteiger partial charge in [0.25, 0.3) is 5.91 Å². The van der Waals surface area contributed by atoms with Gasteiger partial charge in [-0.2, -0.15) is 0 Å². The van der Waals surface area contributed by atoms with Crippen LogP contribution in [0.3, 0.4) is 0 Å². The van der Waals surface area contributed by atoms with Crippen molar-refractivity contribution >= 4 is 17.8 Å². The number of nitrogens with zero attached hydrogens (tertiary/aromatic N) is 1. The molecule has 24 heavy (non-hydrogen) atoms.